The highest BCUT2D eigenvalue weighted by atomic mass is 19.4. The van der Waals surface area contributed by atoms with Crippen LogP contribution in [0.1, 0.15) is 33.4 Å². The Morgan fingerprint density at radius 3 is 1.23 bits per heavy atom. The van der Waals surface area contributed by atoms with Crippen molar-refractivity contribution in [2.45, 2.75) is 24.7 Å². The third-order valence-corrected chi connectivity index (χ3v) is 12.3. The van der Waals surface area contributed by atoms with Gasteiger partial charge in [-0.05, 0) is 113 Å². The number of rotatable bonds is 5. The molecule has 0 amide bonds. The molecule has 0 unspecified atom stereocenters. The Kier molecular flexibility index (Phi) is 10.4. The Hall–Kier alpha value is -8.50. The highest BCUT2D eigenvalue weighted by Gasteiger charge is 2.40. The van der Waals surface area contributed by atoms with E-state index in [0.717, 1.165) is 12.1 Å². The summed E-state index contributed by atoms with van der Waals surface area (Å²) in [5.74, 6) is 0. The van der Waals surface area contributed by atoms with Gasteiger partial charge in [-0.2, -0.15) is 63.2 Å². The summed E-state index contributed by atoms with van der Waals surface area (Å²) in [6, 6.07) is 39.3. The Balaban J connectivity index is 1.28. The lowest BCUT2D eigenvalue weighted by atomic mass is 9.95. The number of hydrogen-bond donors (Lipinski definition) is 0. The summed E-state index contributed by atoms with van der Waals surface area (Å²) < 4.78 is 173. The minimum atomic E-state index is -5.17. The number of benzene rings is 8. The molecule has 2 aromatic heterocycles. The average molecular weight is 959 g/mol. The van der Waals surface area contributed by atoms with Gasteiger partial charge in [-0.3, -0.25) is 0 Å². The minimum Gasteiger partial charge on any atom is -0.307 e. The fourth-order valence-electron chi connectivity index (χ4n) is 9.24. The Morgan fingerprint density at radius 2 is 0.786 bits per heavy atom. The van der Waals surface area contributed by atoms with Crippen LogP contribution in [-0.2, 0) is 24.7 Å². The molecule has 0 saturated heterocycles. The maximum atomic E-state index is 14.5. The first-order valence-electron chi connectivity index (χ1n) is 20.9. The van der Waals surface area contributed by atoms with E-state index in [9.17, 15) is 63.2 Å². The zero-order valence-electron chi connectivity index (χ0n) is 35.3. The van der Waals surface area contributed by atoms with Crippen LogP contribution < -0.4 is 0 Å². The highest BCUT2D eigenvalue weighted by molar-refractivity contribution is 6.13. The summed E-state index contributed by atoms with van der Waals surface area (Å²) in [7, 11) is 0. The van der Waals surface area contributed by atoms with Gasteiger partial charge in [0.15, 0.2) is 0 Å². The zero-order chi connectivity index (χ0) is 49.7. The standard InChI is InChI=1S/C54H26F12N4/c55-51(56,57)34-14-16-36(43(24-34)53(61,62)63)31-12-18-47-41(21-31)38-8-1-3-10-45(38)69(47)49-23-33(28-68)40(30-7-5-6-29(20-30)27-67)26-50(49)70-46-11-4-2-9-39(46)42-22-32(13-19-48(42)70)37-17-15-35(52(58,59)60)25-44(37)54(64,65)66/h1-26H. The van der Waals surface area contributed by atoms with Gasteiger partial charge in [-0.15, -0.1) is 0 Å². The predicted octanol–water partition coefficient (Wildman–Crippen LogP) is 16.7. The second-order valence-electron chi connectivity index (χ2n) is 16.4. The van der Waals surface area contributed by atoms with Crippen molar-refractivity contribution < 1.29 is 52.7 Å². The molecule has 0 N–H and O–H groups in total. The lowest BCUT2D eigenvalue weighted by Crippen LogP contribution is -2.12. The molecule has 0 atom stereocenters. The zero-order valence-corrected chi connectivity index (χ0v) is 35.3. The predicted molar refractivity (Wildman–Crippen MR) is 241 cm³/mol. The molecule has 10 rings (SSSR count). The van der Waals surface area contributed by atoms with Crippen LogP contribution in [0.2, 0.25) is 0 Å². The van der Waals surface area contributed by atoms with Crippen LogP contribution in [0.15, 0.2) is 158 Å². The normalized spacial score (nSPS) is 12.5. The van der Waals surface area contributed by atoms with E-state index in [0.29, 0.717) is 78.2 Å². The molecular formula is C54H26F12N4. The Bertz CT molecular complexity index is 3870. The number of halogens is 12. The molecule has 4 nitrogen and oxygen atoms in total. The van der Waals surface area contributed by atoms with E-state index in [4.69, 9.17) is 0 Å². The molecule has 0 aliphatic rings. The molecule has 0 aliphatic carbocycles. The smallest absolute Gasteiger partial charge is 0.307 e. The maximum Gasteiger partial charge on any atom is 0.417 e. The largest absolute Gasteiger partial charge is 0.417 e. The molecule has 16 heteroatoms. The summed E-state index contributed by atoms with van der Waals surface area (Å²) in [6.07, 6.45) is -20.4. The van der Waals surface area contributed by atoms with Gasteiger partial charge in [0.1, 0.15) is 0 Å². The van der Waals surface area contributed by atoms with Crippen LogP contribution in [0.5, 0.6) is 0 Å². The number of alkyl halides is 12. The van der Waals surface area contributed by atoms with Crippen molar-refractivity contribution >= 4 is 43.6 Å². The van der Waals surface area contributed by atoms with Crippen molar-refractivity contribution in [3.8, 4) is 56.9 Å². The number of hydrogen-bond acceptors (Lipinski definition) is 2. The molecular weight excluding hydrogens is 933 g/mol. The molecule has 0 bridgehead atoms. The van der Waals surface area contributed by atoms with Crippen LogP contribution in [0.4, 0.5) is 52.7 Å². The topological polar surface area (TPSA) is 57.4 Å². The minimum absolute atomic E-state index is 0.0366. The van der Waals surface area contributed by atoms with Crippen molar-refractivity contribution in [1.29, 1.82) is 10.5 Å². The van der Waals surface area contributed by atoms with Crippen molar-refractivity contribution in [2.75, 3.05) is 0 Å². The number of nitrogens with zero attached hydrogens (tertiary/aromatic N) is 4. The van der Waals surface area contributed by atoms with Gasteiger partial charge in [0.05, 0.1) is 79.0 Å². The van der Waals surface area contributed by atoms with Crippen LogP contribution in [-0.4, -0.2) is 9.13 Å². The van der Waals surface area contributed by atoms with E-state index in [1.165, 1.54) is 36.4 Å². The number of nitriles is 2. The quantitative estimate of drug-likeness (QED) is 0.161. The molecule has 346 valence electrons. The van der Waals surface area contributed by atoms with E-state index in [-0.39, 0.29) is 34.4 Å². The van der Waals surface area contributed by atoms with Gasteiger partial charge >= 0.3 is 24.7 Å². The molecule has 0 fully saturated rings. The van der Waals surface area contributed by atoms with E-state index in [2.05, 4.69) is 12.1 Å². The van der Waals surface area contributed by atoms with Gasteiger partial charge in [0, 0.05) is 27.1 Å². The monoisotopic (exact) mass is 958 g/mol. The first-order valence-corrected chi connectivity index (χ1v) is 20.9. The highest BCUT2D eigenvalue weighted by Crippen LogP contribution is 2.47. The number of para-hydroxylation sites is 2. The third-order valence-electron chi connectivity index (χ3n) is 12.3. The van der Waals surface area contributed by atoms with Gasteiger partial charge < -0.3 is 9.13 Å². The second-order valence-corrected chi connectivity index (χ2v) is 16.4. The third kappa shape index (κ3) is 7.62. The Labute approximate surface area is 387 Å². The molecule has 10 aromatic rings. The second kappa shape index (κ2) is 16.1. The first-order chi connectivity index (χ1) is 33.1. The molecule has 70 heavy (non-hydrogen) atoms. The first kappa shape index (κ1) is 45.3. The van der Waals surface area contributed by atoms with E-state index < -0.39 is 58.1 Å². The maximum absolute atomic E-state index is 14.5. The van der Waals surface area contributed by atoms with E-state index in [1.54, 1.807) is 94.1 Å². The van der Waals surface area contributed by atoms with Crippen molar-refractivity contribution in [3.05, 3.63) is 191 Å². The van der Waals surface area contributed by atoms with Crippen molar-refractivity contribution in [3.63, 3.8) is 0 Å². The molecule has 2 heterocycles. The fraction of sp³-hybridized carbons (Fsp3) is 0.0741. The summed E-state index contributed by atoms with van der Waals surface area (Å²) in [5.41, 5.74) is -3.26. The summed E-state index contributed by atoms with van der Waals surface area (Å²) >= 11 is 0. The van der Waals surface area contributed by atoms with Crippen LogP contribution >= 0.6 is 0 Å². The molecule has 0 aliphatic heterocycles. The van der Waals surface area contributed by atoms with Crippen LogP contribution in [0.3, 0.4) is 0 Å². The summed E-state index contributed by atoms with van der Waals surface area (Å²) in [6.45, 7) is 0. The van der Waals surface area contributed by atoms with Gasteiger partial charge in [0.25, 0.3) is 0 Å². The lowest BCUT2D eigenvalue weighted by molar-refractivity contribution is -0.144. The molecule has 0 saturated carbocycles. The number of fused-ring (bicyclic) bond motifs is 6. The molecule has 8 aromatic carbocycles. The van der Waals surface area contributed by atoms with Crippen molar-refractivity contribution in [2.24, 2.45) is 0 Å². The fourth-order valence-corrected chi connectivity index (χ4v) is 9.24. The van der Waals surface area contributed by atoms with Gasteiger partial charge in [-0.25, -0.2) is 0 Å². The molecule has 0 radical (unpaired) electrons. The van der Waals surface area contributed by atoms with Crippen LogP contribution in [0, 0.1) is 22.7 Å². The Morgan fingerprint density at radius 1 is 0.343 bits per heavy atom. The molecule has 0 spiro atoms. The summed E-state index contributed by atoms with van der Waals surface area (Å²) in [5, 5.41) is 22.4. The SMILES string of the molecule is N#Cc1cccc(-c2cc(-n3c4ccccc4c4cc(-c5ccc(C(F)(F)F)cc5C(F)(F)F)ccc43)c(-n3c4ccccc4c4cc(-c5ccc(C(F)(F)F)cc5C(F)(F)F)ccc43)cc2C#N)c1. The summed E-state index contributed by atoms with van der Waals surface area (Å²) in [4.78, 5) is 0. The number of aromatic nitrogens is 2. The van der Waals surface area contributed by atoms with Crippen molar-refractivity contribution in [1.82, 2.24) is 9.13 Å². The van der Waals surface area contributed by atoms with E-state index >= 15 is 0 Å². The van der Waals surface area contributed by atoms with Gasteiger partial charge in [0.2, 0.25) is 0 Å². The van der Waals surface area contributed by atoms with Crippen LogP contribution in [0.25, 0.3) is 88.4 Å². The average Bonchev–Trinajstić information content (AvgIpc) is 3.84. The van der Waals surface area contributed by atoms with E-state index in [1.807, 2.05) is 0 Å². The van der Waals surface area contributed by atoms with Gasteiger partial charge in [-0.1, -0.05) is 72.8 Å². The lowest BCUT2D eigenvalue weighted by Gasteiger charge is -2.20.